The first-order valence-electron chi connectivity index (χ1n) is 12.0. The molecular weight excluding hydrogens is 419 g/mol. The number of halogens is 1. The fourth-order valence-corrected chi connectivity index (χ4v) is 5.29. The molecular formula is C27H35FN2O3. The zero-order valence-electron chi connectivity index (χ0n) is 19.7. The molecule has 1 heterocycles. The number of β-amino-alcohol motifs (C(OH)–C–C–N with tert-alkyl or cyclic N) is 1. The summed E-state index contributed by atoms with van der Waals surface area (Å²) >= 11 is 0. The first-order chi connectivity index (χ1) is 15.8. The molecule has 0 aromatic heterocycles. The minimum Gasteiger partial charge on any atom is -0.490 e. The Morgan fingerprint density at radius 1 is 1.09 bits per heavy atom. The van der Waals surface area contributed by atoms with E-state index >= 15 is 0 Å². The van der Waals surface area contributed by atoms with E-state index in [0.29, 0.717) is 36.4 Å². The summed E-state index contributed by atoms with van der Waals surface area (Å²) in [6, 6.07) is 15.7. The van der Waals surface area contributed by atoms with Crippen molar-refractivity contribution in [3.05, 3.63) is 65.5 Å². The largest absolute Gasteiger partial charge is 0.490 e. The van der Waals surface area contributed by atoms with E-state index in [0.717, 1.165) is 32.2 Å². The zero-order valence-corrected chi connectivity index (χ0v) is 19.7. The van der Waals surface area contributed by atoms with Gasteiger partial charge in [-0.3, -0.25) is 9.69 Å². The number of carbonyl (C=O) groups excluding carboxylic acids is 1. The number of hydrogen-bond donors (Lipinski definition) is 1. The number of rotatable bonds is 5. The maximum atomic E-state index is 13.6. The molecule has 2 aromatic carbocycles. The minimum absolute atomic E-state index is 0.0410. The molecule has 4 rings (SSSR count). The quantitative estimate of drug-likeness (QED) is 0.738. The van der Waals surface area contributed by atoms with Crippen molar-refractivity contribution in [3.63, 3.8) is 0 Å². The third-order valence-corrected chi connectivity index (χ3v) is 7.21. The molecule has 0 bridgehead atoms. The van der Waals surface area contributed by atoms with Gasteiger partial charge in [-0.1, -0.05) is 30.3 Å². The molecule has 0 radical (unpaired) electrons. The van der Waals surface area contributed by atoms with Crippen molar-refractivity contribution < 1.29 is 19.0 Å². The first-order valence-corrected chi connectivity index (χ1v) is 12.0. The molecule has 1 atom stereocenters. The predicted molar refractivity (Wildman–Crippen MR) is 127 cm³/mol. The second-order valence-electron chi connectivity index (χ2n) is 9.75. The van der Waals surface area contributed by atoms with Gasteiger partial charge in [-0.25, -0.2) is 4.39 Å². The Hall–Kier alpha value is -2.44. The van der Waals surface area contributed by atoms with Gasteiger partial charge in [-0.2, -0.15) is 0 Å². The van der Waals surface area contributed by atoms with Crippen LogP contribution in [0.3, 0.4) is 0 Å². The number of ether oxygens (including phenoxy) is 1. The van der Waals surface area contributed by atoms with Gasteiger partial charge >= 0.3 is 0 Å². The van der Waals surface area contributed by atoms with Gasteiger partial charge in [0.15, 0.2) is 0 Å². The first kappa shape index (κ1) is 23.7. The lowest BCUT2D eigenvalue weighted by atomic mass is 9.81. The third kappa shape index (κ3) is 5.92. The normalized spacial score (nSPS) is 26.6. The Balaban J connectivity index is 1.43. The Bertz CT molecular complexity index is 946. The molecule has 1 N–H and O–H groups in total. The second-order valence-corrected chi connectivity index (χ2v) is 9.75. The summed E-state index contributed by atoms with van der Waals surface area (Å²) in [6.45, 7) is 5.33. The van der Waals surface area contributed by atoms with Gasteiger partial charge in [-0.05, 0) is 67.9 Å². The topological polar surface area (TPSA) is 53.0 Å². The minimum atomic E-state index is -1.19. The number of hydrogen-bond acceptors (Lipinski definition) is 4. The summed E-state index contributed by atoms with van der Waals surface area (Å²) in [5.41, 5.74) is 0.720. The van der Waals surface area contributed by atoms with Crippen LogP contribution in [0.4, 0.5) is 4.39 Å². The lowest BCUT2D eigenvalue weighted by molar-refractivity contribution is -0.132. The molecule has 5 nitrogen and oxygen atoms in total. The number of aryl methyl sites for hydroxylation is 1. The molecule has 178 valence electrons. The maximum absolute atomic E-state index is 13.6. The molecule has 1 unspecified atom stereocenters. The average molecular weight is 455 g/mol. The molecule has 2 aromatic rings. The highest BCUT2D eigenvalue weighted by Crippen LogP contribution is 2.35. The van der Waals surface area contributed by atoms with Crippen LogP contribution in [-0.4, -0.2) is 65.2 Å². The molecule has 1 amide bonds. The third-order valence-electron chi connectivity index (χ3n) is 7.21. The number of benzene rings is 2. The fraction of sp³-hybridized carbons (Fsp3) is 0.519. The Labute approximate surface area is 196 Å². The Kier molecular flexibility index (Phi) is 7.35. The van der Waals surface area contributed by atoms with E-state index in [1.54, 1.807) is 30.9 Å². The molecule has 0 spiro atoms. The molecule has 1 aliphatic heterocycles. The molecule has 33 heavy (non-hydrogen) atoms. The van der Waals surface area contributed by atoms with Crippen molar-refractivity contribution in [1.29, 1.82) is 0 Å². The molecule has 1 saturated carbocycles. The summed E-state index contributed by atoms with van der Waals surface area (Å²) in [5.74, 6) is 0.791. The van der Waals surface area contributed by atoms with Crippen LogP contribution >= 0.6 is 0 Å². The zero-order chi connectivity index (χ0) is 23.4. The number of carbonyl (C=O) groups is 1. The number of nitrogens with zero attached hydrogens (tertiary/aromatic N) is 2. The van der Waals surface area contributed by atoms with E-state index in [4.69, 9.17) is 4.74 Å². The SMILES string of the molecule is CC(=O)N1CCN(C2CCC(c3ccccc3)CC2)CC(O)(COc2ccc(F)c(C)c2)C1. The Morgan fingerprint density at radius 2 is 1.82 bits per heavy atom. The van der Waals surface area contributed by atoms with Crippen LogP contribution in [0.5, 0.6) is 5.75 Å². The highest BCUT2D eigenvalue weighted by molar-refractivity contribution is 5.73. The van der Waals surface area contributed by atoms with Crippen LogP contribution in [0.25, 0.3) is 0 Å². The summed E-state index contributed by atoms with van der Waals surface area (Å²) in [6.07, 6.45) is 4.41. The summed E-state index contributed by atoms with van der Waals surface area (Å²) in [7, 11) is 0. The van der Waals surface area contributed by atoms with Crippen LogP contribution in [0.2, 0.25) is 0 Å². The van der Waals surface area contributed by atoms with Crippen LogP contribution in [0.15, 0.2) is 48.5 Å². The summed E-state index contributed by atoms with van der Waals surface area (Å²) in [5, 5.41) is 11.6. The average Bonchev–Trinajstić information content (AvgIpc) is 3.00. The van der Waals surface area contributed by atoms with E-state index < -0.39 is 5.60 Å². The van der Waals surface area contributed by atoms with Gasteiger partial charge in [0.25, 0.3) is 0 Å². The van der Waals surface area contributed by atoms with Gasteiger partial charge in [0.05, 0.1) is 6.54 Å². The molecule has 2 aliphatic rings. The van der Waals surface area contributed by atoms with Gasteiger partial charge in [-0.15, -0.1) is 0 Å². The van der Waals surface area contributed by atoms with Crippen molar-refractivity contribution >= 4 is 5.91 Å². The van der Waals surface area contributed by atoms with Gasteiger partial charge in [0, 0.05) is 32.6 Å². The number of amides is 1. The smallest absolute Gasteiger partial charge is 0.219 e. The molecule has 1 saturated heterocycles. The molecule has 6 heteroatoms. The summed E-state index contributed by atoms with van der Waals surface area (Å²) < 4.78 is 19.5. The second kappa shape index (κ2) is 10.2. The van der Waals surface area contributed by atoms with Crippen LogP contribution in [0.1, 0.15) is 49.7 Å². The van der Waals surface area contributed by atoms with E-state index in [1.165, 1.54) is 11.6 Å². The molecule has 1 aliphatic carbocycles. The van der Waals surface area contributed by atoms with Crippen molar-refractivity contribution in [2.24, 2.45) is 0 Å². The van der Waals surface area contributed by atoms with Crippen molar-refractivity contribution in [2.75, 3.05) is 32.8 Å². The van der Waals surface area contributed by atoms with Crippen LogP contribution in [-0.2, 0) is 4.79 Å². The monoisotopic (exact) mass is 454 g/mol. The van der Waals surface area contributed by atoms with Crippen LogP contribution < -0.4 is 4.74 Å². The van der Waals surface area contributed by atoms with Gasteiger partial charge in [0.2, 0.25) is 5.91 Å². The van der Waals surface area contributed by atoms with Gasteiger partial charge in [0.1, 0.15) is 23.8 Å². The summed E-state index contributed by atoms with van der Waals surface area (Å²) in [4.78, 5) is 16.3. The van der Waals surface area contributed by atoms with Crippen molar-refractivity contribution in [1.82, 2.24) is 9.80 Å². The lowest BCUT2D eigenvalue weighted by Gasteiger charge is -2.39. The van der Waals surface area contributed by atoms with E-state index in [-0.39, 0.29) is 24.9 Å². The highest BCUT2D eigenvalue weighted by Gasteiger charge is 2.39. The van der Waals surface area contributed by atoms with Gasteiger partial charge < -0.3 is 14.7 Å². The van der Waals surface area contributed by atoms with E-state index in [1.807, 2.05) is 0 Å². The van der Waals surface area contributed by atoms with Crippen molar-refractivity contribution in [2.45, 2.75) is 57.1 Å². The fourth-order valence-electron chi connectivity index (χ4n) is 5.29. The standard InChI is InChI=1S/C27H35FN2O3/c1-20-16-25(12-13-26(20)28)33-19-27(32)17-29(21(2)31)14-15-30(18-27)24-10-8-23(9-11-24)22-6-4-3-5-7-22/h3-7,12-13,16,23-24,32H,8-11,14-15,17-19H2,1-2H3. The Morgan fingerprint density at radius 3 is 2.48 bits per heavy atom. The maximum Gasteiger partial charge on any atom is 0.219 e. The molecule has 2 fully saturated rings. The van der Waals surface area contributed by atoms with Crippen LogP contribution in [0, 0.1) is 12.7 Å². The van der Waals surface area contributed by atoms with E-state index in [2.05, 4.69) is 35.2 Å². The number of aliphatic hydroxyl groups is 1. The highest BCUT2D eigenvalue weighted by atomic mass is 19.1. The van der Waals surface area contributed by atoms with Crippen molar-refractivity contribution in [3.8, 4) is 5.75 Å². The van der Waals surface area contributed by atoms with E-state index in [9.17, 15) is 14.3 Å². The predicted octanol–water partition coefficient (Wildman–Crippen LogP) is 4.13. The lowest BCUT2D eigenvalue weighted by Crippen LogP contribution is -2.53.